The predicted molar refractivity (Wildman–Crippen MR) is 50.7 cm³/mol. The van der Waals surface area contributed by atoms with Gasteiger partial charge in [-0.3, -0.25) is 4.79 Å². The molecule has 3 N–H and O–H groups in total. The van der Waals surface area contributed by atoms with Crippen LogP contribution in [0.1, 0.15) is 26.7 Å². The van der Waals surface area contributed by atoms with Crippen molar-refractivity contribution in [1.29, 1.82) is 0 Å². The van der Waals surface area contributed by atoms with E-state index in [1.54, 1.807) is 6.92 Å². The first-order chi connectivity index (χ1) is 5.68. The first-order valence-corrected chi connectivity index (χ1v) is 4.35. The van der Waals surface area contributed by atoms with Crippen LogP contribution in [-0.2, 0) is 4.79 Å². The molecule has 0 saturated heterocycles. The van der Waals surface area contributed by atoms with Gasteiger partial charge in [-0.25, -0.2) is 0 Å². The van der Waals surface area contributed by atoms with E-state index in [0.29, 0.717) is 5.57 Å². The minimum absolute atomic E-state index is 0.328. The fourth-order valence-corrected chi connectivity index (χ4v) is 0.793. The van der Waals surface area contributed by atoms with E-state index in [1.807, 2.05) is 6.08 Å². The van der Waals surface area contributed by atoms with E-state index in [4.69, 9.17) is 5.73 Å². The molecular weight excluding hydrogens is 152 g/mol. The number of nitrogens with one attached hydrogen (secondary N) is 1. The third kappa shape index (κ3) is 5.92. The first-order valence-electron chi connectivity index (χ1n) is 4.35. The molecule has 0 aromatic carbocycles. The molecule has 0 aromatic rings. The summed E-state index contributed by atoms with van der Waals surface area (Å²) in [5, 5.41) is 3.23. The lowest BCUT2D eigenvalue weighted by Gasteiger charge is -1.99. The molecule has 0 saturated carbocycles. The Labute approximate surface area is 74.0 Å². The van der Waals surface area contributed by atoms with Gasteiger partial charge in [0.2, 0.25) is 5.91 Å². The second-order valence-corrected chi connectivity index (χ2v) is 2.79. The van der Waals surface area contributed by atoms with Gasteiger partial charge in [0, 0.05) is 5.57 Å². The maximum Gasteiger partial charge on any atom is 0.244 e. The third-order valence-electron chi connectivity index (χ3n) is 1.59. The van der Waals surface area contributed by atoms with Crippen molar-refractivity contribution in [1.82, 2.24) is 5.32 Å². The summed E-state index contributed by atoms with van der Waals surface area (Å²) in [6.07, 6.45) is 3.87. The van der Waals surface area contributed by atoms with Crippen molar-refractivity contribution in [2.75, 3.05) is 13.1 Å². The highest BCUT2D eigenvalue weighted by atomic mass is 16.1. The van der Waals surface area contributed by atoms with Gasteiger partial charge in [-0.1, -0.05) is 13.0 Å². The molecule has 0 heterocycles. The molecule has 0 spiro atoms. The molecule has 0 aromatic heterocycles. The van der Waals surface area contributed by atoms with Crippen LogP contribution in [-0.4, -0.2) is 19.0 Å². The second-order valence-electron chi connectivity index (χ2n) is 2.79. The Morgan fingerprint density at radius 2 is 2.17 bits per heavy atom. The van der Waals surface area contributed by atoms with E-state index < -0.39 is 0 Å². The van der Waals surface area contributed by atoms with Gasteiger partial charge >= 0.3 is 0 Å². The molecule has 1 amide bonds. The lowest BCUT2D eigenvalue weighted by atomic mass is 10.2. The first kappa shape index (κ1) is 11.2. The molecule has 3 nitrogen and oxygen atoms in total. The van der Waals surface area contributed by atoms with E-state index >= 15 is 0 Å². The minimum atomic E-state index is -0.328. The highest BCUT2D eigenvalue weighted by molar-refractivity contribution is 5.91. The zero-order valence-electron chi connectivity index (χ0n) is 7.89. The fraction of sp³-hybridized carbons (Fsp3) is 0.667. The van der Waals surface area contributed by atoms with Gasteiger partial charge in [0.1, 0.15) is 0 Å². The predicted octanol–water partition coefficient (Wildman–Crippen LogP) is 0.808. The molecule has 0 atom stereocenters. The van der Waals surface area contributed by atoms with Gasteiger partial charge in [-0.2, -0.15) is 0 Å². The Morgan fingerprint density at radius 3 is 2.67 bits per heavy atom. The fourth-order valence-electron chi connectivity index (χ4n) is 0.793. The smallest absolute Gasteiger partial charge is 0.244 e. The van der Waals surface area contributed by atoms with Crippen molar-refractivity contribution < 1.29 is 4.79 Å². The van der Waals surface area contributed by atoms with E-state index in [1.165, 1.54) is 0 Å². The number of hydrogen-bond acceptors (Lipinski definition) is 2. The average molecular weight is 170 g/mol. The number of amides is 1. The standard InChI is InChI=1S/C9H18N2O/c1-3-6-11-7-4-5-8(2)9(10)12/h5,11H,3-4,6-7H2,1-2H3,(H2,10,12). The van der Waals surface area contributed by atoms with Crippen LogP contribution in [0.2, 0.25) is 0 Å². The van der Waals surface area contributed by atoms with Crippen LogP contribution in [0.25, 0.3) is 0 Å². The number of hydrogen-bond donors (Lipinski definition) is 2. The largest absolute Gasteiger partial charge is 0.366 e. The lowest BCUT2D eigenvalue weighted by Crippen LogP contribution is -2.16. The van der Waals surface area contributed by atoms with E-state index in [2.05, 4.69) is 12.2 Å². The topological polar surface area (TPSA) is 55.1 Å². The van der Waals surface area contributed by atoms with Gasteiger partial charge in [0.05, 0.1) is 0 Å². The molecule has 0 unspecified atom stereocenters. The van der Waals surface area contributed by atoms with Gasteiger partial charge in [-0.05, 0) is 32.9 Å². The summed E-state index contributed by atoms with van der Waals surface area (Å²) in [7, 11) is 0. The maximum absolute atomic E-state index is 10.6. The van der Waals surface area contributed by atoms with Crippen molar-refractivity contribution in [2.24, 2.45) is 5.73 Å². The molecule has 0 aliphatic carbocycles. The summed E-state index contributed by atoms with van der Waals surface area (Å²) in [6, 6.07) is 0. The normalized spacial score (nSPS) is 11.7. The molecule has 0 fully saturated rings. The van der Waals surface area contributed by atoms with Crippen LogP contribution < -0.4 is 11.1 Å². The molecule has 0 radical (unpaired) electrons. The minimum Gasteiger partial charge on any atom is -0.366 e. The van der Waals surface area contributed by atoms with Crippen molar-refractivity contribution in [3.05, 3.63) is 11.6 Å². The summed E-state index contributed by atoms with van der Waals surface area (Å²) in [5.74, 6) is -0.328. The third-order valence-corrected chi connectivity index (χ3v) is 1.59. The maximum atomic E-state index is 10.6. The average Bonchev–Trinajstić information content (AvgIpc) is 2.03. The highest BCUT2D eigenvalue weighted by Gasteiger charge is 1.94. The van der Waals surface area contributed by atoms with Gasteiger partial charge in [-0.15, -0.1) is 0 Å². The molecule has 0 aliphatic rings. The summed E-state index contributed by atoms with van der Waals surface area (Å²) < 4.78 is 0. The molecular formula is C9H18N2O. The molecule has 70 valence electrons. The molecule has 12 heavy (non-hydrogen) atoms. The van der Waals surface area contributed by atoms with Crippen molar-refractivity contribution in [3.8, 4) is 0 Å². The van der Waals surface area contributed by atoms with Gasteiger partial charge < -0.3 is 11.1 Å². The van der Waals surface area contributed by atoms with Crippen molar-refractivity contribution in [3.63, 3.8) is 0 Å². The van der Waals surface area contributed by atoms with Crippen LogP contribution in [0.4, 0.5) is 0 Å². The monoisotopic (exact) mass is 170 g/mol. The van der Waals surface area contributed by atoms with Crippen LogP contribution in [0.3, 0.4) is 0 Å². The summed E-state index contributed by atoms with van der Waals surface area (Å²) >= 11 is 0. The summed E-state index contributed by atoms with van der Waals surface area (Å²) in [4.78, 5) is 10.6. The highest BCUT2D eigenvalue weighted by Crippen LogP contribution is 1.92. The molecule has 0 rings (SSSR count). The Bertz CT molecular complexity index is 164. The van der Waals surface area contributed by atoms with E-state index in [-0.39, 0.29) is 5.91 Å². The zero-order chi connectivity index (χ0) is 9.40. The SMILES string of the molecule is CCCNCCC=C(C)C(N)=O. The van der Waals surface area contributed by atoms with Crippen LogP contribution in [0, 0.1) is 0 Å². The summed E-state index contributed by atoms with van der Waals surface area (Å²) in [5.41, 5.74) is 5.70. The molecule has 0 aliphatic heterocycles. The van der Waals surface area contributed by atoms with E-state index in [0.717, 1.165) is 25.9 Å². The molecule has 3 heteroatoms. The van der Waals surface area contributed by atoms with Crippen LogP contribution >= 0.6 is 0 Å². The van der Waals surface area contributed by atoms with Crippen LogP contribution in [0.5, 0.6) is 0 Å². The number of rotatable bonds is 6. The Balaban J connectivity index is 3.40. The lowest BCUT2D eigenvalue weighted by molar-refractivity contribution is -0.114. The van der Waals surface area contributed by atoms with Gasteiger partial charge in [0.15, 0.2) is 0 Å². The second kappa shape index (κ2) is 6.85. The Morgan fingerprint density at radius 1 is 1.50 bits per heavy atom. The quantitative estimate of drug-likeness (QED) is 0.458. The number of carbonyl (C=O) groups excluding carboxylic acids is 1. The Hall–Kier alpha value is -0.830. The van der Waals surface area contributed by atoms with E-state index in [9.17, 15) is 4.79 Å². The Kier molecular flexibility index (Phi) is 6.38. The van der Waals surface area contributed by atoms with Crippen molar-refractivity contribution in [2.45, 2.75) is 26.7 Å². The van der Waals surface area contributed by atoms with Crippen molar-refractivity contribution >= 4 is 5.91 Å². The van der Waals surface area contributed by atoms with Gasteiger partial charge in [0.25, 0.3) is 0 Å². The zero-order valence-corrected chi connectivity index (χ0v) is 7.89. The number of primary amides is 1. The summed E-state index contributed by atoms with van der Waals surface area (Å²) in [6.45, 7) is 5.81. The molecule has 0 bridgehead atoms. The number of nitrogens with two attached hydrogens (primary N) is 1. The number of carbonyl (C=O) groups is 1. The van der Waals surface area contributed by atoms with Crippen LogP contribution in [0.15, 0.2) is 11.6 Å².